The number of carbonyl (C=O) groups excluding carboxylic acids is 1. The van der Waals surface area contributed by atoms with Gasteiger partial charge in [-0.05, 0) is 31.7 Å². The predicted molar refractivity (Wildman–Crippen MR) is 95.1 cm³/mol. The standard InChI is InChI=1S/C16H20N2O4S2/c1-9(15(20)22-3)23-16-17-13-12(10-5-4-6-11(10)24-13)14(19)18(16)7-8-21-2/h9H,4-8H2,1-3H3/t9-/m0/s1. The van der Waals surface area contributed by atoms with Gasteiger partial charge in [0.2, 0.25) is 0 Å². The number of thioether (sulfide) groups is 1. The molecule has 6 nitrogen and oxygen atoms in total. The lowest BCUT2D eigenvalue weighted by Crippen LogP contribution is -2.26. The van der Waals surface area contributed by atoms with Crippen molar-refractivity contribution < 1.29 is 14.3 Å². The van der Waals surface area contributed by atoms with Crippen molar-refractivity contribution in [3.8, 4) is 0 Å². The number of thiophene rings is 1. The second-order valence-electron chi connectivity index (χ2n) is 5.66. The highest BCUT2D eigenvalue weighted by molar-refractivity contribution is 8.00. The van der Waals surface area contributed by atoms with Crippen LogP contribution in [0.1, 0.15) is 23.8 Å². The zero-order chi connectivity index (χ0) is 17.3. The maximum atomic E-state index is 13.0. The van der Waals surface area contributed by atoms with Gasteiger partial charge in [0.1, 0.15) is 10.1 Å². The van der Waals surface area contributed by atoms with Crippen molar-refractivity contribution in [3.05, 3.63) is 20.8 Å². The number of hydrogen-bond donors (Lipinski definition) is 0. The molecule has 0 spiro atoms. The third-order valence-corrected chi connectivity index (χ3v) is 6.38. The van der Waals surface area contributed by atoms with Gasteiger partial charge in [-0.25, -0.2) is 4.98 Å². The summed E-state index contributed by atoms with van der Waals surface area (Å²) in [5.41, 5.74) is 1.13. The van der Waals surface area contributed by atoms with E-state index in [1.165, 1.54) is 23.7 Å². The minimum atomic E-state index is -0.431. The molecule has 2 aromatic heterocycles. The number of rotatable bonds is 6. The molecule has 0 N–H and O–H groups in total. The summed E-state index contributed by atoms with van der Waals surface area (Å²) in [6, 6.07) is 0. The van der Waals surface area contributed by atoms with E-state index in [4.69, 9.17) is 14.5 Å². The van der Waals surface area contributed by atoms with Gasteiger partial charge >= 0.3 is 5.97 Å². The van der Waals surface area contributed by atoms with Gasteiger partial charge in [0.25, 0.3) is 5.56 Å². The van der Waals surface area contributed by atoms with Crippen LogP contribution in [-0.4, -0.2) is 41.6 Å². The molecule has 0 saturated heterocycles. The molecule has 1 aliphatic rings. The second-order valence-corrected chi connectivity index (χ2v) is 8.06. The van der Waals surface area contributed by atoms with Crippen LogP contribution in [0.4, 0.5) is 0 Å². The molecular formula is C16H20N2O4S2. The van der Waals surface area contributed by atoms with E-state index in [2.05, 4.69) is 0 Å². The molecule has 2 heterocycles. The van der Waals surface area contributed by atoms with Crippen LogP contribution in [0.5, 0.6) is 0 Å². The SMILES string of the molecule is COCCn1c(S[C@@H](C)C(=O)OC)nc2sc3c(c2c1=O)CCC3. The Hall–Kier alpha value is -1.38. The molecule has 24 heavy (non-hydrogen) atoms. The Kier molecular flexibility index (Phi) is 5.27. The normalized spacial score (nSPS) is 14.8. The van der Waals surface area contributed by atoms with E-state index in [9.17, 15) is 9.59 Å². The summed E-state index contributed by atoms with van der Waals surface area (Å²) in [6.45, 7) is 2.58. The largest absolute Gasteiger partial charge is 0.468 e. The Labute approximate surface area is 148 Å². The van der Waals surface area contributed by atoms with Gasteiger partial charge in [0.05, 0.1) is 25.6 Å². The summed E-state index contributed by atoms with van der Waals surface area (Å²) < 4.78 is 11.5. The van der Waals surface area contributed by atoms with E-state index in [0.717, 1.165) is 35.0 Å². The highest BCUT2D eigenvalue weighted by Crippen LogP contribution is 2.36. The minimum absolute atomic E-state index is 0.0315. The number of fused-ring (bicyclic) bond motifs is 3. The Morgan fingerprint density at radius 3 is 2.92 bits per heavy atom. The summed E-state index contributed by atoms with van der Waals surface area (Å²) in [7, 11) is 2.96. The van der Waals surface area contributed by atoms with E-state index in [-0.39, 0.29) is 11.5 Å². The van der Waals surface area contributed by atoms with Gasteiger partial charge in [-0.3, -0.25) is 14.2 Å². The van der Waals surface area contributed by atoms with Crippen molar-refractivity contribution in [2.45, 2.75) is 43.1 Å². The number of ether oxygens (including phenoxy) is 2. The molecule has 1 aliphatic carbocycles. The quantitative estimate of drug-likeness (QED) is 0.442. The third kappa shape index (κ3) is 3.10. The average molecular weight is 368 g/mol. The van der Waals surface area contributed by atoms with Gasteiger partial charge in [-0.1, -0.05) is 11.8 Å². The van der Waals surface area contributed by atoms with Gasteiger partial charge in [-0.15, -0.1) is 11.3 Å². The molecule has 2 aromatic rings. The summed E-state index contributed by atoms with van der Waals surface area (Å²) >= 11 is 2.85. The smallest absolute Gasteiger partial charge is 0.318 e. The van der Waals surface area contributed by atoms with Crippen LogP contribution >= 0.6 is 23.1 Å². The summed E-state index contributed by atoms with van der Waals surface area (Å²) in [6.07, 6.45) is 3.07. The lowest BCUT2D eigenvalue weighted by atomic mass is 10.2. The zero-order valence-electron chi connectivity index (χ0n) is 14.0. The van der Waals surface area contributed by atoms with E-state index in [1.807, 2.05) is 0 Å². The van der Waals surface area contributed by atoms with Crippen LogP contribution in [0.25, 0.3) is 10.2 Å². The fourth-order valence-corrected chi connectivity index (χ4v) is 5.16. The monoisotopic (exact) mass is 368 g/mol. The van der Waals surface area contributed by atoms with Crippen molar-refractivity contribution in [2.24, 2.45) is 0 Å². The molecular weight excluding hydrogens is 348 g/mol. The Morgan fingerprint density at radius 1 is 1.42 bits per heavy atom. The number of nitrogens with zero attached hydrogens (tertiary/aromatic N) is 2. The van der Waals surface area contributed by atoms with Gasteiger partial charge in [0.15, 0.2) is 5.16 Å². The Bertz CT molecular complexity index is 828. The first-order valence-electron chi connectivity index (χ1n) is 7.85. The second kappa shape index (κ2) is 7.25. The van der Waals surface area contributed by atoms with E-state index in [0.29, 0.717) is 18.3 Å². The molecule has 3 rings (SSSR count). The molecule has 0 fully saturated rings. The van der Waals surface area contributed by atoms with E-state index in [1.54, 1.807) is 29.9 Å². The molecule has 0 aromatic carbocycles. The van der Waals surface area contributed by atoms with E-state index >= 15 is 0 Å². The van der Waals surface area contributed by atoms with Gasteiger partial charge in [-0.2, -0.15) is 0 Å². The maximum Gasteiger partial charge on any atom is 0.318 e. The summed E-state index contributed by atoms with van der Waals surface area (Å²) in [5, 5.41) is 0.862. The average Bonchev–Trinajstić information content (AvgIpc) is 3.14. The zero-order valence-corrected chi connectivity index (χ0v) is 15.6. The van der Waals surface area contributed by atoms with Crippen molar-refractivity contribution >= 4 is 39.3 Å². The molecule has 0 radical (unpaired) electrons. The number of methoxy groups -OCH3 is 2. The summed E-state index contributed by atoms with van der Waals surface area (Å²) in [4.78, 5) is 31.5. The Balaban J connectivity index is 2.09. The molecule has 0 bridgehead atoms. The first-order chi connectivity index (χ1) is 11.6. The predicted octanol–water partition coefficient (Wildman–Crippen LogP) is 2.25. The first-order valence-corrected chi connectivity index (χ1v) is 9.55. The van der Waals surface area contributed by atoms with Crippen molar-refractivity contribution in [1.29, 1.82) is 0 Å². The fourth-order valence-electron chi connectivity index (χ4n) is 2.90. The lowest BCUT2D eigenvalue weighted by Gasteiger charge is -2.14. The number of carbonyl (C=O) groups is 1. The minimum Gasteiger partial charge on any atom is -0.468 e. The van der Waals surface area contributed by atoms with Crippen molar-refractivity contribution in [1.82, 2.24) is 9.55 Å². The molecule has 0 saturated carbocycles. The number of aryl methyl sites for hydroxylation is 2. The molecule has 0 aliphatic heterocycles. The van der Waals surface area contributed by atoms with Crippen LogP contribution < -0.4 is 5.56 Å². The van der Waals surface area contributed by atoms with Crippen molar-refractivity contribution in [2.75, 3.05) is 20.8 Å². The van der Waals surface area contributed by atoms with Crippen LogP contribution in [0.3, 0.4) is 0 Å². The molecule has 8 heteroatoms. The van der Waals surface area contributed by atoms with Crippen LogP contribution in [0, 0.1) is 0 Å². The van der Waals surface area contributed by atoms with Crippen LogP contribution in [0.15, 0.2) is 9.95 Å². The highest BCUT2D eigenvalue weighted by Gasteiger charge is 2.25. The molecule has 1 atom stereocenters. The Morgan fingerprint density at radius 2 is 2.21 bits per heavy atom. The molecule has 0 amide bonds. The summed E-state index contributed by atoms with van der Waals surface area (Å²) in [5.74, 6) is -0.332. The molecule has 0 unspecified atom stereocenters. The maximum absolute atomic E-state index is 13.0. The number of aromatic nitrogens is 2. The lowest BCUT2D eigenvalue weighted by molar-refractivity contribution is -0.139. The highest BCUT2D eigenvalue weighted by atomic mass is 32.2. The van der Waals surface area contributed by atoms with Gasteiger partial charge < -0.3 is 9.47 Å². The molecule has 130 valence electrons. The van der Waals surface area contributed by atoms with Gasteiger partial charge in [0, 0.05) is 12.0 Å². The van der Waals surface area contributed by atoms with Crippen LogP contribution in [-0.2, 0) is 33.7 Å². The first kappa shape index (κ1) is 17.4. The number of esters is 1. The topological polar surface area (TPSA) is 70.4 Å². The van der Waals surface area contributed by atoms with Crippen LogP contribution in [0.2, 0.25) is 0 Å². The van der Waals surface area contributed by atoms with E-state index < -0.39 is 5.25 Å². The van der Waals surface area contributed by atoms with Crippen molar-refractivity contribution in [3.63, 3.8) is 0 Å². The fraction of sp³-hybridized carbons (Fsp3) is 0.562. The third-order valence-electron chi connectivity index (χ3n) is 4.12. The number of hydrogen-bond acceptors (Lipinski definition) is 7.